The van der Waals surface area contributed by atoms with E-state index in [1.807, 2.05) is 30.3 Å². The molecule has 0 fully saturated rings. The number of benzene rings is 3. The van der Waals surface area contributed by atoms with Crippen molar-refractivity contribution >= 4 is 23.3 Å². The molecule has 0 atom stereocenters. The fourth-order valence-corrected chi connectivity index (χ4v) is 3.09. The van der Waals surface area contributed by atoms with Gasteiger partial charge in [0.05, 0.1) is 0 Å². The van der Waals surface area contributed by atoms with Crippen LogP contribution in [0.1, 0.15) is 20.8 Å². The van der Waals surface area contributed by atoms with Crippen LogP contribution < -0.4 is 20.1 Å². The summed E-state index contributed by atoms with van der Waals surface area (Å²) >= 11 is 0. The number of carbonyl (C=O) groups is 3. The predicted molar refractivity (Wildman–Crippen MR) is 130 cm³/mol. The highest BCUT2D eigenvalue weighted by atomic mass is 16.5. The fraction of sp³-hybridized carbons (Fsp3) is 0.0370. The number of nitrogens with one attached hydrogen (secondary N) is 2. The van der Waals surface area contributed by atoms with Gasteiger partial charge in [0.25, 0.3) is 17.6 Å². The van der Waals surface area contributed by atoms with Crippen LogP contribution >= 0.6 is 0 Å². The van der Waals surface area contributed by atoms with Crippen LogP contribution in [0.25, 0.3) is 0 Å². The third-order valence-corrected chi connectivity index (χ3v) is 4.84. The second kappa shape index (κ2) is 10.8. The third kappa shape index (κ3) is 6.08. The predicted octanol–water partition coefficient (Wildman–Crippen LogP) is 4.85. The molecule has 0 aliphatic carbocycles. The SMILES string of the molecule is CNC(=O)c1cc(Oc2ccc(C(=O)C(=O)Nc3ccc(Oc4ccccc4)cc3)cc2)ccn1. The molecule has 2 N–H and O–H groups in total. The van der Waals surface area contributed by atoms with Crippen LogP contribution in [0.15, 0.2) is 97.2 Å². The molecular formula is C27H21N3O5. The quantitative estimate of drug-likeness (QED) is 0.284. The largest absolute Gasteiger partial charge is 0.457 e. The lowest BCUT2D eigenvalue weighted by Gasteiger charge is -2.09. The number of amides is 2. The molecule has 1 heterocycles. The number of ketones is 1. The van der Waals surface area contributed by atoms with Crippen molar-refractivity contribution in [2.75, 3.05) is 12.4 Å². The van der Waals surface area contributed by atoms with Gasteiger partial charge in [-0.3, -0.25) is 19.4 Å². The second-order valence-electron chi connectivity index (χ2n) is 7.31. The maximum atomic E-state index is 12.5. The molecule has 4 rings (SSSR count). The van der Waals surface area contributed by atoms with Crippen molar-refractivity contribution in [1.29, 1.82) is 0 Å². The van der Waals surface area contributed by atoms with Crippen LogP contribution in [0.4, 0.5) is 5.69 Å². The average Bonchev–Trinajstić information content (AvgIpc) is 2.90. The topological polar surface area (TPSA) is 107 Å². The van der Waals surface area contributed by atoms with Crippen LogP contribution in [0.5, 0.6) is 23.0 Å². The Morgan fingerprint density at radius 2 is 1.31 bits per heavy atom. The Hall–Kier alpha value is -4.98. The van der Waals surface area contributed by atoms with E-state index in [1.54, 1.807) is 42.5 Å². The summed E-state index contributed by atoms with van der Waals surface area (Å²) in [6.45, 7) is 0. The summed E-state index contributed by atoms with van der Waals surface area (Å²) in [6.07, 6.45) is 1.46. The van der Waals surface area contributed by atoms with Gasteiger partial charge in [-0.1, -0.05) is 18.2 Å². The normalized spacial score (nSPS) is 10.2. The van der Waals surface area contributed by atoms with Gasteiger partial charge in [0.15, 0.2) is 0 Å². The van der Waals surface area contributed by atoms with E-state index in [1.165, 1.54) is 31.4 Å². The number of hydrogen-bond acceptors (Lipinski definition) is 6. The highest BCUT2D eigenvalue weighted by Gasteiger charge is 2.17. The number of Topliss-reactive ketones (excluding diaryl/α,β-unsaturated/α-hetero) is 1. The van der Waals surface area contributed by atoms with E-state index in [4.69, 9.17) is 9.47 Å². The molecule has 0 saturated heterocycles. The van der Waals surface area contributed by atoms with Gasteiger partial charge < -0.3 is 20.1 Å². The van der Waals surface area contributed by atoms with E-state index in [0.29, 0.717) is 28.7 Å². The number of rotatable bonds is 8. The molecule has 8 heteroatoms. The van der Waals surface area contributed by atoms with Crippen LogP contribution in [-0.2, 0) is 4.79 Å². The van der Waals surface area contributed by atoms with E-state index in [9.17, 15) is 14.4 Å². The first kappa shape index (κ1) is 23.2. The van der Waals surface area contributed by atoms with E-state index in [-0.39, 0.29) is 17.2 Å². The van der Waals surface area contributed by atoms with Crippen LogP contribution in [0, 0.1) is 0 Å². The molecule has 0 saturated carbocycles. The van der Waals surface area contributed by atoms with E-state index in [0.717, 1.165) is 0 Å². The van der Waals surface area contributed by atoms with E-state index < -0.39 is 11.7 Å². The van der Waals surface area contributed by atoms with E-state index >= 15 is 0 Å². The maximum absolute atomic E-state index is 12.5. The van der Waals surface area contributed by atoms with Gasteiger partial charge in [-0.05, 0) is 66.7 Å². The summed E-state index contributed by atoms with van der Waals surface area (Å²) in [4.78, 5) is 40.7. The van der Waals surface area contributed by atoms with Crippen molar-refractivity contribution in [3.05, 3.63) is 108 Å². The van der Waals surface area contributed by atoms with Crippen molar-refractivity contribution in [1.82, 2.24) is 10.3 Å². The minimum absolute atomic E-state index is 0.208. The zero-order valence-corrected chi connectivity index (χ0v) is 18.7. The summed E-state index contributed by atoms with van der Waals surface area (Å²) in [6, 6.07) is 25.3. The number of pyridine rings is 1. The minimum atomic E-state index is -0.764. The van der Waals surface area contributed by atoms with Gasteiger partial charge in [0.2, 0.25) is 0 Å². The Morgan fingerprint density at radius 3 is 1.97 bits per heavy atom. The van der Waals surface area contributed by atoms with Crippen molar-refractivity contribution in [3.63, 3.8) is 0 Å². The molecule has 0 spiro atoms. The summed E-state index contributed by atoms with van der Waals surface area (Å²) in [5, 5.41) is 5.08. The molecule has 3 aromatic carbocycles. The van der Waals surface area contributed by atoms with Gasteiger partial charge in [0.1, 0.15) is 28.7 Å². The Labute approximate surface area is 201 Å². The van der Waals surface area contributed by atoms with Crippen molar-refractivity contribution < 1.29 is 23.9 Å². The monoisotopic (exact) mass is 467 g/mol. The number of aromatic nitrogens is 1. The molecule has 0 aliphatic rings. The molecule has 8 nitrogen and oxygen atoms in total. The fourth-order valence-electron chi connectivity index (χ4n) is 3.09. The second-order valence-corrected chi connectivity index (χ2v) is 7.31. The lowest BCUT2D eigenvalue weighted by Crippen LogP contribution is -2.22. The maximum Gasteiger partial charge on any atom is 0.296 e. The van der Waals surface area contributed by atoms with Gasteiger partial charge in [-0.15, -0.1) is 0 Å². The number of hydrogen-bond donors (Lipinski definition) is 2. The highest BCUT2D eigenvalue weighted by molar-refractivity contribution is 6.46. The van der Waals surface area contributed by atoms with Gasteiger partial charge in [-0.25, -0.2) is 0 Å². The lowest BCUT2D eigenvalue weighted by molar-refractivity contribution is -0.112. The molecular weight excluding hydrogens is 446 g/mol. The van der Waals surface area contributed by atoms with Crippen LogP contribution in [0.3, 0.4) is 0 Å². The number of para-hydroxylation sites is 1. The van der Waals surface area contributed by atoms with Crippen LogP contribution in [0.2, 0.25) is 0 Å². The summed E-state index contributed by atoms with van der Waals surface area (Å²) in [7, 11) is 1.51. The molecule has 0 bridgehead atoms. The van der Waals surface area contributed by atoms with Crippen LogP contribution in [-0.4, -0.2) is 29.6 Å². The summed E-state index contributed by atoms with van der Waals surface area (Å²) < 4.78 is 11.4. The van der Waals surface area contributed by atoms with Gasteiger partial charge in [-0.2, -0.15) is 0 Å². The number of anilines is 1. The minimum Gasteiger partial charge on any atom is -0.457 e. The van der Waals surface area contributed by atoms with Crippen molar-refractivity contribution in [2.24, 2.45) is 0 Å². The zero-order valence-electron chi connectivity index (χ0n) is 18.7. The highest BCUT2D eigenvalue weighted by Crippen LogP contribution is 2.24. The molecule has 0 unspecified atom stereocenters. The van der Waals surface area contributed by atoms with Gasteiger partial charge >= 0.3 is 0 Å². The lowest BCUT2D eigenvalue weighted by atomic mass is 10.1. The first-order valence-electron chi connectivity index (χ1n) is 10.7. The molecule has 35 heavy (non-hydrogen) atoms. The Morgan fingerprint density at radius 1 is 0.714 bits per heavy atom. The first-order chi connectivity index (χ1) is 17.0. The molecule has 2 amide bonds. The Kier molecular flexibility index (Phi) is 7.13. The number of carbonyl (C=O) groups excluding carboxylic acids is 3. The van der Waals surface area contributed by atoms with Gasteiger partial charge in [0, 0.05) is 30.6 Å². The molecule has 4 aromatic rings. The first-order valence-corrected chi connectivity index (χ1v) is 10.7. The summed E-state index contributed by atoms with van der Waals surface area (Å²) in [5.41, 5.74) is 0.890. The molecule has 0 aliphatic heterocycles. The number of ether oxygens (including phenoxy) is 2. The summed E-state index contributed by atoms with van der Waals surface area (Å²) in [5.74, 6) is 0.364. The Balaban J connectivity index is 1.35. The molecule has 1 aromatic heterocycles. The average molecular weight is 467 g/mol. The standard InChI is InChI=1S/C27H21N3O5/c1-28-26(32)24-17-23(15-16-29-24)35-21-11-7-18(8-12-21)25(31)27(33)30-19-9-13-22(14-10-19)34-20-5-3-2-4-6-20/h2-17H,1H3,(H,28,32)(H,30,33). The zero-order chi connectivity index (χ0) is 24.6. The third-order valence-electron chi connectivity index (χ3n) is 4.84. The molecule has 174 valence electrons. The van der Waals surface area contributed by atoms with Crippen molar-refractivity contribution in [3.8, 4) is 23.0 Å². The smallest absolute Gasteiger partial charge is 0.296 e. The molecule has 0 radical (unpaired) electrons. The van der Waals surface area contributed by atoms with Crippen molar-refractivity contribution in [2.45, 2.75) is 0 Å². The Bertz CT molecular complexity index is 1340. The number of nitrogens with zero attached hydrogens (tertiary/aromatic N) is 1. The van der Waals surface area contributed by atoms with E-state index in [2.05, 4.69) is 15.6 Å².